The minimum absolute atomic E-state index is 0.0506. The Morgan fingerprint density at radius 1 is 0.885 bits per heavy atom. The number of halogens is 2. The van der Waals surface area contributed by atoms with Crippen molar-refractivity contribution in [1.82, 2.24) is 0 Å². The van der Waals surface area contributed by atoms with Crippen molar-refractivity contribution in [1.29, 1.82) is 0 Å². The highest BCUT2D eigenvalue weighted by Gasteiger charge is 2.14. The van der Waals surface area contributed by atoms with E-state index in [0.29, 0.717) is 0 Å². The van der Waals surface area contributed by atoms with Crippen LogP contribution in [-0.4, -0.2) is 12.1 Å². The fraction of sp³-hybridized carbons (Fsp3) is 0.682. The summed E-state index contributed by atoms with van der Waals surface area (Å²) in [4.78, 5) is 11.9. The molecule has 0 N–H and O–H groups in total. The molecule has 0 radical (unpaired) electrons. The fourth-order valence-electron chi connectivity index (χ4n) is 3.03. The van der Waals surface area contributed by atoms with Gasteiger partial charge in [0.15, 0.2) is 11.6 Å². The van der Waals surface area contributed by atoms with Crippen molar-refractivity contribution in [3.63, 3.8) is 0 Å². The summed E-state index contributed by atoms with van der Waals surface area (Å²) in [5.74, 6) is -2.59. The number of hydrogen-bond donors (Lipinski definition) is 0. The normalized spacial score (nSPS) is 12.2. The zero-order valence-electron chi connectivity index (χ0n) is 16.4. The van der Waals surface area contributed by atoms with Gasteiger partial charge in [-0.15, -0.1) is 0 Å². The van der Waals surface area contributed by atoms with E-state index in [0.717, 1.165) is 31.4 Å². The van der Waals surface area contributed by atoms with Crippen LogP contribution >= 0.6 is 0 Å². The smallest absolute Gasteiger partial charge is 0.338 e. The molecule has 0 fully saturated rings. The molecule has 1 aromatic carbocycles. The van der Waals surface area contributed by atoms with Crippen LogP contribution in [0.1, 0.15) is 101 Å². The summed E-state index contributed by atoms with van der Waals surface area (Å²) in [6.45, 7) is 4.08. The number of unbranched alkanes of at least 4 members (excludes halogenated alkanes) is 10. The maximum absolute atomic E-state index is 13.1. The maximum Gasteiger partial charge on any atom is 0.338 e. The molecule has 26 heavy (non-hydrogen) atoms. The molecule has 148 valence electrons. The first kappa shape index (κ1) is 22.6. The lowest BCUT2D eigenvalue weighted by molar-refractivity contribution is 0.0318. The molecule has 1 rings (SSSR count). The van der Waals surface area contributed by atoms with Crippen LogP contribution in [0.2, 0.25) is 0 Å². The van der Waals surface area contributed by atoms with Crippen molar-refractivity contribution in [2.24, 2.45) is 0 Å². The lowest BCUT2D eigenvalue weighted by Gasteiger charge is -2.13. The summed E-state index contributed by atoms with van der Waals surface area (Å²) >= 11 is 0. The van der Waals surface area contributed by atoms with Crippen LogP contribution in [0.3, 0.4) is 0 Å². The first-order valence-electron chi connectivity index (χ1n) is 10.2. The van der Waals surface area contributed by atoms with Crippen molar-refractivity contribution < 1.29 is 18.3 Å². The second-order valence-electron chi connectivity index (χ2n) is 7.17. The van der Waals surface area contributed by atoms with Crippen LogP contribution in [0.15, 0.2) is 18.2 Å². The average molecular weight is 369 g/mol. The van der Waals surface area contributed by atoms with Gasteiger partial charge in [-0.05, 0) is 38.0 Å². The molecule has 0 aliphatic rings. The standard InChI is InChI=1S/C22H34F2O2/c1-3-4-5-6-7-8-9-10-11-12-13-14-18(2)26-22(25)19-15-16-20(23)21(24)17-19/h15-18H,3-14H2,1-2H3. The lowest BCUT2D eigenvalue weighted by Crippen LogP contribution is -2.15. The van der Waals surface area contributed by atoms with E-state index in [9.17, 15) is 13.6 Å². The van der Waals surface area contributed by atoms with Gasteiger partial charge >= 0.3 is 5.97 Å². The molecule has 1 unspecified atom stereocenters. The number of esters is 1. The van der Waals surface area contributed by atoms with Gasteiger partial charge in [-0.1, -0.05) is 71.1 Å². The largest absolute Gasteiger partial charge is 0.459 e. The summed E-state index contributed by atoms with van der Waals surface area (Å²) < 4.78 is 31.3. The van der Waals surface area contributed by atoms with Crippen molar-refractivity contribution in [2.45, 2.75) is 97.0 Å². The third kappa shape index (κ3) is 9.88. The predicted octanol–water partition coefficient (Wildman–Crippen LogP) is 7.21. The number of carbonyl (C=O) groups excluding carboxylic acids is 1. The molecule has 0 saturated carbocycles. The molecule has 0 amide bonds. The van der Waals surface area contributed by atoms with Crippen LogP contribution in [-0.2, 0) is 4.74 Å². The second-order valence-corrected chi connectivity index (χ2v) is 7.17. The van der Waals surface area contributed by atoms with Crippen molar-refractivity contribution in [3.05, 3.63) is 35.4 Å². The van der Waals surface area contributed by atoms with E-state index in [1.807, 2.05) is 6.92 Å². The van der Waals surface area contributed by atoms with Crippen LogP contribution in [0.4, 0.5) is 8.78 Å². The predicted molar refractivity (Wildman–Crippen MR) is 102 cm³/mol. The van der Waals surface area contributed by atoms with E-state index >= 15 is 0 Å². The summed E-state index contributed by atoms with van der Waals surface area (Å²) in [5, 5.41) is 0. The second kappa shape index (κ2) is 13.7. The molecule has 0 aliphatic carbocycles. The Bertz CT molecular complexity index is 517. The fourth-order valence-corrected chi connectivity index (χ4v) is 3.03. The third-order valence-corrected chi connectivity index (χ3v) is 4.68. The minimum Gasteiger partial charge on any atom is -0.459 e. The molecule has 1 atom stereocenters. The molecule has 4 heteroatoms. The van der Waals surface area contributed by atoms with Gasteiger partial charge in [-0.25, -0.2) is 13.6 Å². The van der Waals surface area contributed by atoms with Gasteiger partial charge < -0.3 is 4.74 Å². The van der Waals surface area contributed by atoms with E-state index in [2.05, 4.69) is 6.92 Å². The highest BCUT2D eigenvalue weighted by atomic mass is 19.2. The Morgan fingerprint density at radius 2 is 1.42 bits per heavy atom. The van der Waals surface area contributed by atoms with Crippen molar-refractivity contribution in [2.75, 3.05) is 0 Å². The van der Waals surface area contributed by atoms with Crippen LogP contribution < -0.4 is 0 Å². The summed E-state index contributed by atoms with van der Waals surface area (Å²) in [6.07, 6.45) is 14.7. The summed E-state index contributed by atoms with van der Waals surface area (Å²) in [5.41, 5.74) is 0.0506. The molecule has 1 aromatic rings. The van der Waals surface area contributed by atoms with Crippen LogP contribution in [0.5, 0.6) is 0 Å². The highest BCUT2D eigenvalue weighted by molar-refractivity contribution is 5.89. The van der Waals surface area contributed by atoms with Gasteiger partial charge in [-0.3, -0.25) is 0 Å². The third-order valence-electron chi connectivity index (χ3n) is 4.68. The molecule has 0 saturated heterocycles. The van der Waals surface area contributed by atoms with E-state index in [1.54, 1.807) is 0 Å². The van der Waals surface area contributed by atoms with Crippen LogP contribution in [0.25, 0.3) is 0 Å². The van der Waals surface area contributed by atoms with E-state index < -0.39 is 17.6 Å². The van der Waals surface area contributed by atoms with Gasteiger partial charge in [-0.2, -0.15) is 0 Å². The van der Waals surface area contributed by atoms with Crippen LogP contribution in [0, 0.1) is 11.6 Å². The van der Waals surface area contributed by atoms with E-state index in [1.165, 1.54) is 63.9 Å². The Balaban J connectivity index is 2.03. The molecule has 2 nitrogen and oxygen atoms in total. The number of rotatable bonds is 14. The number of hydrogen-bond acceptors (Lipinski definition) is 2. The van der Waals surface area contributed by atoms with Crippen molar-refractivity contribution >= 4 is 5.97 Å². The van der Waals surface area contributed by atoms with Gasteiger partial charge in [0.2, 0.25) is 0 Å². The molecule has 0 bridgehead atoms. The Hall–Kier alpha value is -1.45. The van der Waals surface area contributed by atoms with Crippen molar-refractivity contribution in [3.8, 4) is 0 Å². The molecular weight excluding hydrogens is 334 g/mol. The van der Waals surface area contributed by atoms with Gasteiger partial charge in [0.25, 0.3) is 0 Å². The minimum atomic E-state index is -1.03. The van der Waals surface area contributed by atoms with E-state index in [4.69, 9.17) is 4.74 Å². The number of ether oxygens (including phenoxy) is 1. The van der Waals surface area contributed by atoms with Gasteiger partial charge in [0, 0.05) is 0 Å². The Morgan fingerprint density at radius 3 is 1.96 bits per heavy atom. The zero-order chi connectivity index (χ0) is 19.2. The average Bonchev–Trinajstić information content (AvgIpc) is 2.62. The summed E-state index contributed by atoms with van der Waals surface area (Å²) in [7, 11) is 0. The Labute approximate surface area is 157 Å². The molecule has 0 heterocycles. The first-order valence-corrected chi connectivity index (χ1v) is 10.2. The topological polar surface area (TPSA) is 26.3 Å². The van der Waals surface area contributed by atoms with Gasteiger partial charge in [0.1, 0.15) is 0 Å². The quantitative estimate of drug-likeness (QED) is 0.256. The SMILES string of the molecule is CCCCCCCCCCCCCC(C)OC(=O)c1ccc(F)c(F)c1. The lowest BCUT2D eigenvalue weighted by atomic mass is 10.0. The molecule has 0 aliphatic heterocycles. The first-order chi connectivity index (χ1) is 12.5. The summed E-state index contributed by atoms with van der Waals surface area (Å²) in [6, 6.07) is 3.07. The highest BCUT2D eigenvalue weighted by Crippen LogP contribution is 2.15. The molecule has 0 spiro atoms. The number of benzene rings is 1. The monoisotopic (exact) mass is 368 g/mol. The van der Waals surface area contributed by atoms with Gasteiger partial charge in [0.05, 0.1) is 11.7 Å². The number of carbonyl (C=O) groups is 1. The Kier molecular flexibility index (Phi) is 11.9. The molecular formula is C22H34F2O2. The molecule has 0 aromatic heterocycles. The zero-order valence-corrected chi connectivity index (χ0v) is 16.4. The maximum atomic E-state index is 13.1. The van der Waals surface area contributed by atoms with E-state index in [-0.39, 0.29) is 11.7 Å².